The predicted octanol–water partition coefficient (Wildman–Crippen LogP) is 3.93. The number of aliphatic hydroxyl groups is 1. The van der Waals surface area contributed by atoms with Gasteiger partial charge in [-0.1, -0.05) is 29.8 Å². The highest BCUT2D eigenvalue weighted by atomic mass is 35.5. The molecule has 1 aliphatic rings. The molecule has 24 heavy (non-hydrogen) atoms. The molecule has 2 aromatic carbocycles. The van der Waals surface area contributed by atoms with Gasteiger partial charge in [0, 0.05) is 23.7 Å². The van der Waals surface area contributed by atoms with Crippen LogP contribution in [0.25, 0.3) is 0 Å². The Bertz CT molecular complexity index is 682. The third-order valence-corrected chi connectivity index (χ3v) is 4.57. The first-order valence-corrected chi connectivity index (χ1v) is 8.58. The van der Waals surface area contributed by atoms with Gasteiger partial charge in [-0.15, -0.1) is 0 Å². The molecule has 0 radical (unpaired) electrons. The summed E-state index contributed by atoms with van der Waals surface area (Å²) in [6, 6.07) is 13.6. The number of benzene rings is 2. The summed E-state index contributed by atoms with van der Waals surface area (Å²) in [5.74, 6) is 0.114. The summed E-state index contributed by atoms with van der Waals surface area (Å²) in [6.45, 7) is 0.634. The van der Waals surface area contributed by atoms with Crippen LogP contribution in [0.3, 0.4) is 0 Å². The van der Waals surface area contributed by atoms with Crippen LogP contribution in [0.2, 0.25) is 5.02 Å². The Kier molecular flexibility index (Phi) is 5.72. The lowest BCUT2D eigenvalue weighted by atomic mass is 9.89. The molecule has 2 aromatic rings. The maximum absolute atomic E-state index is 13.3. The van der Waals surface area contributed by atoms with Gasteiger partial charge >= 0.3 is 0 Å². The number of ether oxygens (including phenoxy) is 1. The zero-order chi connectivity index (χ0) is 16.9. The molecule has 3 nitrogen and oxygen atoms in total. The average molecular weight is 350 g/mol. The van der Waals surface area contributed by atoms with Gasteiger partial charge in [0.25, 0.3) is 0 Å². The smallest absolute Gasteiger partial charge is 0.126 e. The minimum Gasteiger partial charge on any atom is -0.488 e. The summed E-state index contributed by atoms with van der Waals surface area (Å²) in [5, 5.41) is 14.7. The minimum atomic E-state index is -0.638. The third-order valence-electron chi connectivity index (χ3n) is 4.34. The predicted molar refractivity (Wildman–Crippen MR) is 92.8 cm³/mol. The Morgan fingerprint density at radius 3 is 2.79 bits per heavy atom. The van der Waals surface area contributed by atoms with Crippen LogP contribution in [-0.2, 0) is 6.54 Å². The normalized spacial score (nSPS) is 23.9. The molecule has 1 aliphatic carbocycles. The van der Waals surface area contributed by atoms with Crippen LogP contribution in [0, 0.1) is 5.82 Å². The van der Waals surface area contributed by atoms with E-state index in [4.69, 9.17) is 16.3 Å². The molecule has 3 atom stereocenters. The van der Waals surface area contributed by atoms with E-state index in [0.717, 1.165) is 24.8 Å². The van der Waals surface area contributed by atoms with Crippen LogP contribution < -0.4 is 10.1 Å². The van der Waals surface area contributed by atoms with E-state index in [0.29, 0.717) is 17.3 Å². The Labute approximate surface area is 146 Å². The van der Waals surface area contributed by atoms with Gasteiger partial charge in [-0.25, -0.2) is 4.39 Å². The molecule has 0 amide bonds. The van der Waals surface area contributed by atoms with Crippen LogP contribution in [0.15, 0.2) is 48.5 Å². The summed E-state index contributed by atoms with van der Waals surface area (Å²) in [5.41, 5.74) is 1.07. The molecule has 2 N–H and O–H groups in total. The molecule has 0 unspecified atom stereocenters. The average Bonchev–Trinajstić information content (AvgIpc) is 2.56. The number of rotatable bonds is 5. The number of nitrogens with one attached hydrogen (secondary N) is 1. The largest absolute Gasteiger partial charge is 0.488 e. The summed E-state index contributed by atoms with van der Waals surface area (Å²) in [7, 11) is 0. The van der Waals surface area contributed by atoms with Crippen LogP contribution in [0.1, 0.15) is 24.8 Å². The maximum Gasteiger partial charge on any atom is 0.126 e. The molecular formula is C19H21ClFNO2. The van der Waals surface area contributed by atoms with Crippen molar-refractivity contribution in [1.29, 1.82) is 0 Å². The lowest BCUT2D eigenvalue weighted by molar-refractivity contribution is -0.0158. The van der Waals surface area contributed by atoms with Crippen LogP contribution in [0.4, 0.5) is 4.39 Å². The minimum absolute atomic E-state index is 0.0590. The fraction of sp³-hybridized carbons (Fsp3) is 0.368. The van der Waals surface area contributed by atoms with Crippen molar-refractivity contribution in [2.24, 2.45) is 0 Å². The molecule has 0 spiro atoms. The zero-order valence-corrected chi connectivity index (χ0v) is 14.0. The summed E-state index contributed by atoms with van der Waals surface area (Å²) in [6.07, 6.45) is 1.61. The first kappa shape index (κ1) is 17.2. The van der Waals surface area contributed by atoms with E-state index in [1.807, 2.05) is 24.3 Å². The van der Waals surface area contributed by atoms with Crippen LogP contribution >= 0.6 is 11.6 Å². The van der Waals surface area contributed by atoms with Crippen molar-refractivity contribution < 1.29 is 14.2 Å². The van der Waals surface area contributed by atoms with Crippen molar-refractivity contribution in [1.82, 2.24) is 5.32 Å². The van der Waals surface area contributed by atoms with Gasteiger partial charge in [-0.2, -0.15) is 0 Å². The quantitative estimate of drug-likeness (QED) is 0.859. The number of hydrogen-bond acceptors (Lipinski definition) is 3. The summed E-state index contributed by atoms with van der Waals surface area (Å²) in [4.78, 5) is 0. The van der Waals surface area contributed by atoms with Crippen molar-refractivity contribution in [3.8, 4) is 5.75 Å². The molecule has 0 heterocycles. The third kappa shape index (κ3) is 4.47. The zero-order valence-electron chi connectivity index (χ0n) is 13.3. The van der Waals surface area contributed by atoms with E-state index in [1.54, 1.807) is 12.1 Å². The van der Waals surface area contributed by atoms with Crippen LogP contribution in [-0.4, -0.2) is 23.4 Å². The van der Waals surface area contributed by atoms with Gasteiger partial charge in [-0.05, 0) is 49.1 Å². The lowest BCUT2D eigenvalue weighted by Crippen LogP contribution is -2.50. The molecule has 0 bridgehead atoms. The number of hydrogen-bond donors (Lipinski definition) is 2. The van der Waals surface area contributed by atoms with E-state index in [1.165, 1.54) is 12.1 Å². The summed E-state index contributed by atoms with van der Waals surface area (Å²) < 4.78 is 19.1. The van der Waals surface area contributed by atoms with Gasteiger partial charge in [0.15, 0.2) is 0 Å². The van der Waals surface area contributed by atoms with Crippen molar-refractivity contribution >= 4 is 11.6 Å². The SMILES string of the molecule is O[C@@H]1[C@@H](NCc2cccc(Cl)c2)CCC[C@H]1Oc1cccc(F)c1. The topological polar surface area (TPSA) is 41.5 Å². The van der Waals surface area contributed by atoms with Gasteiger partial charge in [0.1, 0.15) is 23.8 Å². The molecular weight excluding hydrogens is 329 g/mol. The Morgan fingerprint density at radius 1 is 1.17 bits per heavy atom. The monoisotopic (exact) mass is 349 g/mol. The fourth-order valence-electron chi connectivity index (χ4n) is 3.10. The molecule has 5 heteroatoms. The second-order valence-electron chi connectivity index (χ2n) is 6.15. The second kappa shape index (κ2) is 7.97. The van der Waals surface area contributed by atoms with Gasteiger partial charge in [0.05, 0.1) is 0 Å². The lowest BCUT2D eigenvalue weighted by Gasteiger charge is -2.35. The highest BCUT2D eigenvalue weighted by molar-refractivity contribution is 6.30. The highest BCUT2D eigenvalue weighted by Gasteiger charge is 2.33. The van der Waals surface area contributed by atoms with E-state index in [-0.39, 0.29) is 18.0 Å². The number of aliphatic hydroxyl groups excluding tert-OH is 1. The number of halogens is 2. The summed E-state index contributed by atoms with van der Waals surface area (Å²) >= 11 is 5.99. The van der Waals surface area contributed by atoms with Gasteiger partial charge < -0.3 is 15.2 Å². The van der Waals surface area contributed by atoms with Crippen molar-refractivity contribution in [3.05, 3.63) is 64.9 Å². The molecule has 0 aliphatic heterocycles. The fourth-order valence-corrected chi connectivity index (χ4v) is 3.31. The van der Waals surface area contributed by atoms with Gasteiger partial charge in [-0.3, -0.25) is 0 Å². The first-order valence-electron chi connectivity index (χ1n) is 8.20. The molecule has 0 aromatic heterocycles. The van der Waals surface area contributed by atoms with Crippen molar-refractivity contribution in [2.45, 2.75) is 44.1 Å². The van der Waals surface area contributed by atoms with E-state index in [9.17, 15) is 9.50 Å². The molecule has 0 saturated heterocycles. The van der Waals surface area contributed by atoms with E-state index >= 15 is 0 Å². The van der Waals surface area contributed by atoms with E-state index in [2.05, 4.69) is 5.32 Å². The standard InChI is InChI=1S/C19H21ClFNO2/c20-14-5-1-4-13(10-14)12-22-17-8-3-9-18(19(17)23)24-16-7-2-6-15(21)11-16/h1-2,4-7,10-11,17-19,22-23H,3,8-9,12H2/t17-,18+,19+/m0/s1. The highest BCUT2D eigenvalue weighted by Crippen LogP contribution is 2.25. The maximum atomic E-state index is 13.3. The van der Waals surface area contributed by atoms with Crippen LogP contribution in [0.5, 0.6) is 5.75 Å². The molecule has 1 saturated carbocycles. The van der Waals surface area contributed by atoms with Crippen molar-refractivity contribution in [3.63, 3.8) is 0 Å². The van der Waals surface area contributed by atoms with E-state index < -0.39 is 6.10 Å². The first-order chi connectivity index (χ1) is 11.6. The molecule has 1 fully saturated rings. The molecule has 3 rings (SSSR count). The van der Waals surface area contributed by atoms with Crippen molar-refractivity contribution in [2.75, 3.05) is 0 Å². The van der Waals surface area contributed by atoms with Gasteiger partial charge in [0.2, 0.25) is 0 Å². The molecule has 128 valence electrons. The second-order valence-corrected chi connectivity index (χ2v) is 6.59. The Balaban J connectivity index is 1.59. The Hall–Kier alpha value is -1.62. The Morgan fingerprint density at radius 2 is 2.00 bits per heavy atom.